The first kappa shape index (κ1) is 16.9. The molecular formula is C19H24N2O2. The Morgan fingerprint density at radius 3 is 2.30 bits per heavy atom. The molecule has 0 bridgehead atoms. The summed E-state index contributed by atoms with van der Waals surface area (Å²) in [6, 6.07) is 12.0. The molecule has 23 heavy (non-hydrogen) atoms. The van der Waals surface area contributed by atoms with E-state index in [2.05, 4.69) is 37.4 Å². The van der Waals surface area contributed by atoms with E-state index in [4.69, 9.17) is 4.74 Å². The highest BCUT2D eigenvalue weighted by Crippen LogP contribution is 2.25. The number of amides is 1. The Balaban J connectivity index is 2.08. The number of aryl methyl sites for hydroxylation is 3. The summed E-state index contributed by atoms with van der Waals surface area (Å²) in [4.78, 5) is 14.3. The first-order valence-corrected chi connectivity index (χ1v) is 7.63. The Kier molecular flexibility index (Phi) is 5.27. The minimum Gasteiger partial charge on any atom is -0.495 e. The van der Waals surface area contributed by atoms with E-state index in [-0.39, 0.29) is 12.5 Å². The highest BCUT2D eigenvalue weighted by molar-refractivity contribution is 5.95. The van der Waals surface area contributed by atoms with Crippen molar-refractivity contribution in [3.8, 4) is 5.75 Å². The molecule has 0 radical (unpaired) electrons. The number of nitrogens with one attached hydrogen (secondary N) is 1. The zero-order chi connectivity index (χ0) is 17.0. The normalized spacial score (nSPS) is 10.3. The van der Waals surface area contributed by atoms with Crippen molar-refractivity contribution in [2.75, 3.05) is 30.9 Å². The third-order valence-corrected chi connectivity index (χ3v) is 3.66. The molecule has 0 aliphatic carbocycles. The number of carbonyl (C=O) groups excluding carboxylic acids is 1. The zero-order valence-corrected chi connectivity index (χ0v) is 14.4. The molecule has 0 saturated heterocycles. The second-order valence-electron chi connectivity index (χ2n) is 5.95. The van der Waals surface area contributed by atoms with Crippen molar-refractivity contribution in [1.82, 2.24) is 0 Å². The van der Waals surface area contributed by atoms with Gasteiger partial charge in [-0.25, -0.2) is 0 Å². The largest absolute Gasteiger partial charge is 0.495 e. The van der Waals surface area contributed by atoms with Gasteiger partial charge >= 0.3 is 0 Å². The fourth-order valence-electron chi connectivity index (χ4n) is 2.59. The summed E-state index contributed by atoms with van der Waals surface area (Å²) in [5.74, 6) is 0.591. The second kappa shape index (κ2) is 7.18. The molecule has 2 aromatic rings. The zero-order valence-electron chi connectivity index (χ0n) is 14.4. The summed E-state index contributed by atoms with van der Waals surface area (Å²) >= 11 is 0. The maximum atomic E-state index is 12.3. The van der Waals surface area contributed by atoms with Crippen molar-refractivity contribution < 1.29 is 9.53 Å². The van der Waals surface area contributed by atoms with Crippen LogP contribution in [0.1, 0.15) is 16.7 Å². The van der Waals surface area contributed by atoms with E-state index in [0.717, 1.165) is 11.3 Å². The molecule has 0 heterocycles. The lowest BCUT2D eigenvalue weighted by atomic mass is 10.1. The lowest BCUT2D eigenvalue weighted by Gasteiger charge is -2.20. The second-order valence-corrected chi connectivity index (χ2v) is 5.95. The number of carbonyl (C=O) groups is 1. The quantitative estimate of drug-likeness (QED) is 0.915. The molecule has 0 aliphatic rings. The Morgan fingerprint density at radius 2 is 1.70 bits per heavy atom. The fourth-order valence-corrected chi connectivity index (χ4v) is 2.59. The van der Waals surface area contributed by atoms with Gasteiger partial charge in [0.2, 0.25) is 5.91 Å². The Hall–Kier alpha value is -2.49. The number of ether oxygens (including phenoxy) is 1. The van der Waals surface area contributed by atoms with Gasteiger partial charge < -0.3 is 15.0 Å². The monoisotopic (exact) mass is 312 g/mol. The number of rotatable bonds is 5. The predicted molar refractivity (Wildman–Crippen MR) is 95.5 cm³/mol. The highest BCUT2D eigenvalue weighted by atomic mass is 16.5. The lowest BCUT2D eigenvalue weighted by molar-refractivity contribution is -0.114. The van der Waals surface area contributed by atoms with E-state index in [0.29, 0.717) is 11.4 Å². The van der Waals surface area contributed by atoms with Crippen LogP contribution >= 0.6 is 0 Å². The number of anilines is 2. The molecule has 2 aromatic carbocycles. The molecule has 0 saturated carbocycles. The molecule has 2 rings (SSSR count). The van der Waals surface area contributed by atoms with Crippen molar-refractivity contribution >= 4 is 17.3 Å². The summed E-state index contributed by atoms with van der Waals surface area (Å²) in [6.07, 6.45) is 0. The number of benzene rings is 2. The average Bonchev–Trinajstić information content (AvgIpc) is 2.46. The van der Waals surface area contributed by atoms with Crippen LogP contribution in [-0.4, -0.2) is 26.6 Å². The minimum absolute atomic E-state index is 0.0736. The SMILES string of the molecule is COc1ccc(C)cc1NC(=O)CN(C)c1cc(C)cc(C)c1. The third kappa shape index (κ3) is 4.49. The number of hydrogen-bond acceptors (Lipinski definition) is 3. The Morgan fingerprint density at radius 1 is 1.04 bits per heavy atom. The predicted octanol–water partition coefficient (Wildman–Crippen LogP) is 3.70. The number of hydrogen-bond donors (Lipinski definition) is 1. The van der Waals surface area contributed by atoms with Crippen LogP contribution in [0.3, 0.4) is 0 Å². The topological polar surface area (TPSA) is 41.6 Å². The smallest absolute Gasteiger partial charge is 0.243 e. The first-order chi connectivity index (χ1) is 10.9. The summed E-state index contributed by atoms with van der Waals surface area (Å²) in [5.41, 5.74) is 5.18. The molecule has 1 N–H and O–H groups in total. The van der Waals surface area contributed by atoms with Gasteiger partial charge in [-0.1, -0.05) is 12.1 Å². The third-order valence-electron chi connectivity index (χ3n) is 3.66. The molecule has 0 atom stereocenters. The van der Waals surface area contributed by atoms with Crippen molar-refractivity contribution in [3.05, 3.63) is 53.1 Å². The molecule has 0 unspecified atom stereocenters. The van der Waals surface area contributed by atoms with Crippen LogP contribution in [0, 0.1) is 20.8 Å². The minimum atomic E-state index is -0.0736. The van der Waals surface area contributed by atoms with E-state index in [1.54, 1.807) is 7.11 Å². The molecule has 122 valence electrons. The first-order valence-electron chi connectivity index (χ1n) is 7.63. The molecule has 4 heteroatoms. The highest BCUT2D eigenvalue weighted by Gasteiger charge is 2.11. The van der Waals surface area contributed by atoms with Gasteiger partial charge in [-0.15, -0.1) is 0 Å². The molecule has 0 aliphatic heterocycles. The van der Waals surface area contributed by atoms with E-state index >= 15 is 0 Å². The standard InChI is InChI=1S/C19H24N2O2/c1-13-6-7-18(23-5)17(11-13)20-19(22)12-21(4)16-9-14(2)8-15(3)10-16/h6-11H,12H2,1-5H3,(H,20,22). The number of likely N-dealkylation sites (N-methyl/N-ethyl adjacent to an activating group) is 1. The molecule has 4 nitrogen and oxygen atoms in total. The Bertz CT molecular complexity index is 690. The van der Waals surface area contributed by atoms with E-state index in [1.165, 1.54) is 11.1 Å². The van der Waals surface area contributed by atoms with Crippen LogP contribution in [0.25, 0.3) is 0 Å². The van der Waals surface area contributed by atoms with Gasteiger partial charge in [0.15, 0.2) is 0 Å². The average molecular weight is 312 g/mol. The molecule has 1 amide bonds. The molecular weight excluding hydrogens is 288 g/mol. The van der Waals surface area contributed by atoms with Crippen molar-refractivity contribution in [3.63, 3.8) is 0 Å². The summed E-state index contributed by atoms with van der Waals surface area (Å²) in [7, 11) is 3.52. The molecule has 0 spiro atoms. The lowest BCUT2D eigenvalue weighted by Crippen LogP contribution is -2.30. The van der Waals surface area contributed by atoms with Crippen molar-refractivity contribution in [2.24, 2.45) is 0 Å². The van der Waals surface area contributed by atoms with Gasteiger partial charge in [-0.2, -0.15) is 0 Å². The maximum absolute atomic E-state index is 12.3. The van der Waals surface area contributed by atoms with Crippen LogP contribution in [0.5, 0.6) is 5.75 Å². The van der Waals surface area contributed by atoms with Gasteiger partial charge in [-0.05, 0) is 61.7 Å². The summed E-state index contributed by atoms with van der Waals surface area (Å²) < 4.78 is 5.29. The van der Waals surface area contributed by atoms with Crippen LogP contribution in [0.4, 0.5) is 11.4 Å². The molecule has 0 aromatic heterocycles. The van der Waals surface area contributed by atoms with Crippen LogP contribution in [-0.2, 0) is 4.79 Å². The van der Waals surface area contributed by atoms with E-state index < -0.39 is 0 Å². The van der Waals surface area contributed by atoms with Crippen LogP contribution in [0.15, 0.2) is 36.4 Å². The van der Waals surface area contributed by atoms with Gasteiger partial charge in [-0.3, -0.25) is 4.79 Å². The van der Waals surface area contributed by atoms with Crippen molar-refractivity contribution in [1.29, 1.82) is 0 Å². The van der Waals surface area contributed by atoms with Crippen molar-refractivity contribution in [2.45, 2.75) is 20.8 Å². The summed E-state index contributed by atoms with van der Waals surface area (Å²) in [6.45, 7) is 6.38. The van der Waals surface area contributed by atoms with Gasteiger partial charge in [0, 0.05) is 12.7 Å². The van der Waals surface area contributed by atoms with Gasteiger partial charge in [0.1, 0.15) is 5.75 Å². The summed E-state index contributed by atoms with van der Waals surface area (Å²) in [5, 5.41) is 2.93. The van der Waals surface area contributed by atoms with Gasteiger partial charge in [0.25, 0.3) is 0 Å². The number of nitrogens with zero attached hydrogens (tertiary/aromatic N) is 1. The molecule has 0 fully saturated rings. The maximum Gasteiger partial charge on any atom is 0.243 e. The van der Waals surface area contributed by atoms with Crippen LogP contribution < -0.4 is 15.0 Å². The van der Waals surface area contributed by atoms with E-state index in [1.807, 2.05) is 37.1 Å². The van der Waals surface area contributed by atoms with Crippen LogP contribution in [0.2, 0.25) is 0 Å². The Labute approximate surface area is 138 Å². The van der Waals surface area contributed by atoms with E-state index in [9.17, 15) is 4.79 Å². The number of methoxy groups -OCH3 is 1. The fraction of sp³-hybridized carbons (Fsp3) is 0.316. The van der Waals surface area contributed by atoms with Gasteiger partial charge in [0.05, 0.1) is 19.3 Å².